The van der Waals surface area contributed by atoms with Gasteiger partial charge in [-0.3, -0.25) is 14.4 Å². The van der Waals surface area contributed by atoms with Crippen LogP contribution in [0.25, 0.3) is 34.0 Å². The second-order valence-electron chi connectivity index (χ2n) is 16.7. The van der Waals surface area contributed by atoms with Crippen molar-refractivity contribution in [1.29, 1.82) is 0 Å². The number of hydrogen-bond acceptors (Lipinski definition) is 10. The predicted octanol–water partition coefficient (Wildman–Crippen LogP) is 1.88. The third kappa shape index (κ3) is 14.0. The quantitative estimate of drug-likeness (QED) is 0.183. The van der Waals surface area contributed by atoms with E-state index in [1.54, 1.807) is 42.5 Å². The van der Waals surface area contributed by atoms with E-state index < -0.39 is 0 Å². The fourth-order valence-electron chi connectivity index (χ4n) is 8.19. The lowest BCUT2D eigenvalue weighted by molar-refractivity contribution is -0.102. The van der Waals surface area contributed by atoms with Crippen LogP contribution >= 0.6 is 34.8 Å². The zero-order chi connectivity index (χ0) is 54.6. The van der Waals surface area contributed by atoms with Crippen LogP contribution in [0.2, 0.25) is 5.02 Å². The van der Waals surface area contributed by atoms with Crippen LogP contribution in [0.5, 0.6) is 40.2 Å². The summed E-state index contributed by atoms with van der Waals surface area (Å²) in [7, 11) is -0.180. The van der Waals surface area contributed by atoms with Crippen molar-refractivity contribution in [3.63, 3.8) is 0 Å². The van der Waals surface area contributed by atoms with Crippen molar-refractivity contribution in [2.45, 2.75) is 14.4 Å². The molecule has 15 rings (SSSR count). The molecule has 5 aromatic rings. The van der Waals surface area contributed by atoms with E-state index in [1.165, 1.54) is 42.7 Å². The number of rotatable bonds is 2. The molecule has 0 atom stereocenters. The predicted molar refractivity (Wildman–Crippen MR) is 302 cm³/mol. The molecule has 83 heavy (non-hydrogen) atoms. The first-order valence-corrected chi connectivity index (χ1v) is 28.5. The number of carbonyl (C=O) groups is 1. The Morgan fingerprint density at radius 2 is 1.08 bits per heavy atom. The van der Waals surface area contributed by atoms with Gasteiger partial charge in [-0.2, -0.15) is 0 Å². The molecule has 0 saturated heterocycles. The molecule has 0 amide bonds. The Morgan fingerprint density at radius 1 is 0.494 bits per heavy atom. The summed E-state index contributed by atoms with van der Waals surface area (Å²) in [6.45, 7) is 1.95. The summed E-state index contributed by atoms with van der Waals surface area (Å²) in [5.41, 5.74) is 5.86. The fourth-order valence-corrected chi connectivity index (χ4v) is 11.7. The summed E-state index contributed by atoms with van der Waals surface area (Å²) in [4.78, 5) is 34.8. The number of Topliss-reactive ketones (excluding diaryl/α,β-unsaturated/α-hetero) is 1. The molecular formula is C56H35BrCl5FO15Si5-3. The number of aromatic hydroxyl groups is 2. The maximum Gasteiger partial charge on any atom is 0.424 e. The first-order valence-electron chi connectivity index (χ1n) is 23.2. The number of hydrogen-bond donors (Lipinski definition) is 0. The van der Waals surface area contributed by atoms with E-state index in [4.69, 9.17) is 78.1 Å². The van der Waals surface area contributed by atoms with Gasteiger partial charge in [0.05, 0.1) is 52.7 Å². The fraction of sp³-hybridized carbons (Fsp3) is 0.0357. The van der Waals surface area contributed by atoms with Crippen LogP contribution in [0.3, 0.4) is 0 Å². The molecule has 421 valence electrons. The van der Waals surface area contributed by atoms with E-state index >= 15 is 0 Å². The average molecular weight is 1360 g/mol. The highest BCUT2D eigenvalue weighted by atomic mass is 79.9. The summed E-state index contributed by atoms with van der Waals surface area (Å²) in [6, 6.07) is 43.9. The SMILES string of the molecule is C.CC1=[O+][Si-]Oc2ccccc21.Fc1ccc2c(c1)C(c1ccc(Cl)cc1)=[O+][Si-]O2.O=C1C(Cl)=C(Cl)C2=[O+][Si-]Oc3cccc1c32.O=c1cc2oc(-c3ccccc3)cc3c-2c(c1)O[Si-][OH+]3.O=c1cc2occc3c-2c(c1)O[Si-][OH+]3.[Br-].[Cl-].[Cl-]. The van der Waals surface area contributed by atoms with Gasteiger partial charge in [-0.25, -0.2) is 4.39 Å². The molecule has 0 saturated carbocycles. The van der Waals surface area contributed by atoms with Crippen LogP contribution in [-0.2, 0) is 0 Å². The van der Waals surface area contributed by atoms with Gasteiger partial charge < -0.3 is 94.0 Å². The van der Waals surface area contributed by atoms with E-state index in [0.29, 0.717) is 73.6 Å². The topological polar surface area (TPSA) is 183 Å². The zero-order valence-corrected chi connectivity index (χ0v) is 51.7. The van der Waals surface area contributed by atoms with Gasteiger partial charge in [-0.05, 0) is 66.7 Å². The third-order valence-corrected chi connectivity index (χ3v) is 16.0. The Morgan fingerprint density at radius 3 is 1.80 bits per heavy atom. The molecule has 7 aliphatic heterocycles. The summed E-state index contributed by atoms with van der Waals surface area (Å²) >= 11 is 17.7. The van der Waals surface area contributed by atoms with Gasteiger partial charge in [0, 0.05) is 47.3 Å². The molecule has 3 aliphatic carbocycles. The molecule has 7 heterocycles. The lowest BCUT2D eigenvalue weighted by Gasteiger charge is -2.28. The molecule has 0 aromatic heterocycles. The Balaban J connectivity index is 0.000000149. The van der Waals surface area contributed by atoms with Gasteiger partial charge in [-0.1, -0.05) is 90.8 Å². The van der Waals surface area contributed by atoms with E-state index in [9.17, 15) is 18.8 Å². The summed E-state index contributed by atoms with van der Waals surface area (Å²) in [6.07, 6.45) is 1.53. The van der Waals surface area contributed by atoms with Crippen LogP contribution < -0.4 is 74.8 Å². The Kier molecular flexibility index (Phi) is 21.8. The maximum absolute atomic E-state index is 13.3. The van der Waals surface area contributed by atoms with Crippen molar-refractivity contribution in [3.8, 4) is 74.2 Å². The molecule has 0 bridgehead atoms. The number of para-hydroxylation sites is 1. The second kappa shape index (κ2) is 28.5. The molecule has 0 spiro atoms. The average Bonchev–Trinajstić information content (AvgIpc) is 3.54. The third-order valence-electron chi connectivity index (χ3n) is 11.8. The second-order valence-corrected chi connectivity index (χ2v) is 20.9. The molecule has 15 nitrogen and oxygen atoms in total. The maximum atomic E-state index is 13.3. The van der Waals surface area contributed by atoms with Crippen molar-refractivity contribution in [2.24, 2.45) is 0 Å². The highest BCUT2D eigenvalue weighted by Gasteiger charge is 2.38. The lowest BCUT2D eigenvalue weighted by atomic mass is 9.93. The molecule has 10 aliphatic rings. The van der Waals surface area contributed by atoms with Crippen molar-refractivity contribution >= 4 is 108 Å². The molecule has 0 fully saturated rings. The van der Waals surface area contributed by atoms with Crippen LogP contribution in [0.1, 0.15) is 59.3 Å². The highest BCUT2D eigenvalue weighted by molar-refractivity contribution is 6.60. The first-order chi connectivity index (χ1) is 38.5. The van der Waals surface area contributed by atoms with Crippen molar-refractivity contribution < 1.29 is 103 Å². The van der Waals surface area contributed by atoms with Gasteiger partial charge in [0.2, 0.25) is 17.3 Å². The standard InChI is InChI=1S/C15H9O4Si.C13H7ClFO2Si.C10H3Cl2O3Si.C9H5O4Si.C8H7O2Si.CH4.BrH.2ClH/c16-10-6-12-15-13(7-10)18-20-19-14(15)8-11(17-12)9-4-2-1-3-5-9;14-9-3-1-8(2-4-9)13-11-7-10(15)5-6-12(11)16-18-17-13;11-7-8(12)10-6-4(9(7)13)2-1-3-5(6)14-16-15-10;10-5-3-7-9-6(1-2-11-7)12-14-13-8(9)4-5;1-6-7-4-2-3-5-8(7)10-11-9-6;;;;/h1-8,19H;1-7H;1-3H;1-4,12H;2-5H,1H3;1H4;3*1H/p-3. The van der Waals surface area contributed by atoms with E-state index in [0.717, 1.165) is 50.8 Å². The van der Waals surface area contributed by atoms with Gasteiger partial charge in [0.1, 0.15) is 50.2 Å². The minimum absolute atomic E-state index is 0. The van der Waals surface area contributed by atoms with Gasteiger partial charge in [-0.15, -0.1) is 0 Å². The van der Waals surface area contributed by atoms with Gasteiger partial charge in [0.25, 0.3) is 5.78 Å². The van der Waals surface area contributed by atoms with E-state index in [1.807, 2.05) is 79.7 Å². The smallest absolute Gasteiger partial charge is 0.424 e. The van der Waals surface area contributed by atoms with Crippen LogP contribution in [-0.4, -0.2) is 82.0 Å². The van der Waals surface area contributed by atoms with Crippen LogP contribution in [0.4, 0.5) is 4.39 Å². The first kappa shape index (κ1) is 63.5. The van der Waals surface area contributed by atoms with Crippen LogP contribution in [0.15, 0.2) is 186 Å². The monoisotopic (exact) mass is 1360 g/mol. The Labute approximate surface area is 522 Å². The van der Waals surface area contributed by atoms with Crippen molar-refractivity contribution in [3.05, 3.63) is 227 Å². The summed E-state index contributed by atoms with van der Waals surface area (Å²) in [5.74, 6) is 8.03. The van der Waals surface area contributed by atoms with Crippen molar-refractivity contribution in [2.75, 3.05) is 0 Å². The number of halogens is 7. The number of benzene rings is 7. The number of ketones is 4. The van der Waals surface area contributed by atoms with E-state index in [2.05, 4.69) is 8.85 Å². The largest absolute Gasteiger partial charge is 1.00 e. The minimum atomic E-state index is -0.322. The Hall–Kier alpha value is -7.08. The van der Waals surface area contributed by atoms with E-state index in [-0.39, 0.29) is 132 Å². The molecule has 5 aromatic carbocycles. The summed E-state index contributed by atoms with van der Waals surface area (Å²) in [5, 5.41) is 0.795. The summed E-state index contributed by atoms with van der Waals surface area (Å²) < 4.78 is 75.6. The lowest BCUT2D eigenvalue weighted by Crippen LogP contribution is -3.00. The van der Waals surface area contributed by atoms with Crippen molar-refractivity contribution in [1.82, 2.24) is 0 Å². The minimum Gasteiger partial charge on any atom is -1.00 e. The highest BCUT2D eigenvalue weighted by Crippen LogP contribution is 2.45. The molecule has 5 radical (unpaired) electrons. The molecular weight excluding hydrogens is 1330 g/mol. The molecule has 2 N–H and O–H groups in total. The van der Waals surface area contributed by atoms with Gasteiger partial charge >= 0.3 is 61.6 Å². The molecule has 0 unspecified atom stereocenters. The normalized spacial score (nSPS) is 13.4. The number of carbonyl (C=O) groups excluding carboxylic acids is 4. The van der Waals surface area contributed by atoms with Gasteiger partial charge in [0.15, 0.2) is 21.7 Å². The van der Waals surface area contributed by atoms with Crippen LogP contribution in [0, 0.1) is 5.82 Å². The number of allylic oxidation sites excluding steroid dienone is 2. The Bertz CT molecular complexity index is 4040. The molecule has 27 heteroatoms. The zero-order valence-electron chi connectivity index (χ0n) is 41.4. The number of fused-ring (bicyclic) bond motifs is 2.